The molecule has 2 aliphatic rings. The smallest absolute Gasteiger partial charge is 0.331 e. The maximum atomic E-state index is 13.6. The highest BCUT2D eigenvalue weighted by Crippen LogP contribution is 2.46. The van der Waals surface area contributed by atoms with E-state index in [4.69, 9.17) is 4.74 Å². The third-order valence-corrected chi connectivity index (χ3v) is 8.31. The second kappa shape index (κ2) is 11.1. The zero-order valence-corrected chi connectivity index (χ0v) is 23.5. The van der Waals surface area contributed by atoms with Crippen LogP contribution in [0.5, 0.6) is 11.5 Å². The summed E-state index contributed by atoms with van der Waals surface area (Å²) in [6, 6.07) is 16.3. The highest BCUT2D eigenvalue weighted by molar-refractivity contribution is 7.21. The zero-order chi connectivity index (χ0) is 28.5. The molecule has 4 heterocycles. The van der Waals surface area contributed by atoms with E-state index in [1.807, 2.05) is 62.4 Å². The number of anilines is 3. The van der Waals surface area contributed by atoms with Crippen molar-refractivity contribution < 1.29 is 19.1 Å². The lowest BCUT2D eigenvalue weighted by Gasteiger charge is -2.32. The highest BCUT2D eigenvalue weighted by Gasteiger charge is 2.34. The molecule has 4 aromatic rings. The summed E-state index contributed by atoms with van der Waals surface area (Å²) in [7, 11) is 0. The molecule has 0 saturated carbocycles. The monoisotopic (exact) mass is 567 g/mol. The fourth-order valence-electron chi connectivity index (χ4n) is 5.34. The third kappa shape index (κ3) is 5.14. The second-order valence-electron chi connectivity index (χ2n) is 10.0. The van der Waals surface area contributed by atoms with Crippen LogP contribution in [0.2, 0.25) is 0 Å². The lowest BCUT2D eigenvalue weighted by Crippen LogP contribution is -2.49. The molecule has 0 radical (unpaired) electrons. The first kappa shape index (κ1) is 26.5. The molecule has 2 aromatic carbocycles. The number of para-hydroxylation sites is 1. The van der Waals surface area contributed by atoms with Gasteiger partial charge in [-0.2, -0.15) is 0 Å². The van der Waals surface area contributed by atoms with Crippen molar-refractivity contribution in [1.29, 1.82) is 0 Å². The second-order valence-corrected chi connectivity index (χ2v) is 11.0. The van der Waals surface area contributed by atoms with E-state index in [1.165, 1.54) is 11.3 Å². The van der Waals surface area contributed by atoms with E-state index >= 15 is 0 Å². The summed E-state index contributed by atoms with van der Waals surface area (Å²) in [6.45, 7) is 4.85. The van der Waals surface area contributed by atoms with E-state index in [0.29, 0.717) is 45.6 Å². The van der Waals surface area contributed by atoms with Crippen molar-refractivity contribution >= 4 is 56.5 Å². The number of rotatable bonds is 6. The van der Waals surface area contributed by atoms with Gasteiger partial charge in [-0.05, 0) is 74.7 Å². The van der Waals surface area contributed by atoms with Crippen molar-refractivity contribution in [2.45, 2.75) is 32.7 Å². The van der Waals surface area contributed by atoms with Crippen LogP contribution in [-0.2, 0) is 4.79 Å². The molecule has 41 heavy (non-hydrogen) atoms. The molecule has 2 aliphatic heterocycles. The van der Waals surface area contributed by atoms with Crippen molar-refractivity contribution in [2.24, 2.45) is 0 Å². The van der Waals surface area contributed by atoms with Crippen LogP contribution in [0, 0.1) is 6.92 Å². The number of aromatic nitrogens is 1. The normalized spacial score (nSPS) is 16.6. The summed E-state index contributed by atoms with van der Waals surface area (Å²) in [4.78, 5) is 48.3. The van der Waals surface area contributed by atoms with Crippen molar-refractivity contribution in [2.75, 3.05) is 23.3 Å². The van der Waals surface area contributed by atoms with Crippen molar-refractivity contribution in [3.63, 3.8) is 0 Å². The van der Waals surface area contributed by atoms with Crippen LogP contribution in [0.25, 0.3) is 10.2 Å². The molecule has 2 aromatic heterocycles. The predicted octanol–water partition coefficient (Wildman–Crippen LogP) is 6.38. The standard InChI is InChI=1S/C31H29N5O4S/c1-3-8-25(37)35-16-7-9-20(18-35)33-29(38)28-27-26-24(14-15-32-30(26)41-28)36(31(39)34-27)23-13-12-22(17-19(23)2)40-21-10-5-4-6-11-21/h3-6,8,10-15,17,20H,7,9,16,18H2,1-2H3,(H,33,38)(H,34,39). The summed E-state index contributed by atoms with van der Waals surface area (Å²) in [6.07, 6.45) is 6.50. The molecule has 0 aliphatic carbocycles. The minimum absolute atomic E-state index is 0.0560. The largest absolute Gasteiger partial charge is 0.457 e. The molecule has 9 nitrogen and oxygen atoms in total. The van der Waals surface area contributed by atoms with Crippen LogP contribution in [0.3, 0.4) is 0 Å². The minimum Gasteiger partial charge on any atom is -0.457 e. The molecule has 0 bridgehead atoms. The van der Waals surface area contributed by atoms with Gasteiger partial charge < -0.3 is 20.3 Å². The Hall–Kier alpha value is -4.70. The van der Waals surface area contributed by atoms with Crippen LogP contribution in [-0.4, -0.2) is 46.9 Å². The van der Waals surface area contributed by atoms with Gasteiger partial charge >= 0.3 is 6.03 Å². The lowest BCUT2D eigenvalue weighted by molar-refractivity contribution is -0.127. The first-order valence-electron chi connectivity index (χ1n) is 13.5. The third-order valence-electron chi connectivity index (χ3n) is 7.22. The first-order chi connectivity index (χ1) is 19.9. The van der Waals surface area contributed by atoms with E-state index in [0.717, 1.165) is 29.5 Å². The maximum Gasteiger partial charge on any atom is 0.331 e. The Bertz CT molecular complexity index is 1680. The molecule has 1 unspecified atom stereocenters. The van der Waals surface area contributed by atoms with Gasteiger partial charge in [-0.1, -0.05) is 24.3 Å². The number of urea groups is 1. The number of benzene rings is 2. The van der Waals surface area contributed by atoms with Crippen LogP contribution in [0.15, 0.2) is 72.9 Å². The van der Waals surface area contributed by atoms with E-state index in [1.54, 1.807) is 34.2 Å². The molecule has 10 heteroatoms. The van der Waals surface area contributed by atoms with Gasteiger partial charge in [0.2, 0.25) is 5.91 Å². The topological polar surface area (TPSA) is 104 Å². The molecule has 1 saturated heterocycles. The number of carbonyl (C=O) groups excluding carboxylic acids is 3. The summed E-state index contributed by atoms with van der Waals surface area (Å²) in [5, 5.41) is 6.76. The zero-order valence-electron chi connectivity index (χ0n) is 22.7. The summed E-state index contributed by atoms with van der Waals surface area (Å²) in [5.41, 5.74) is 2.67. The number of piperidine rings is 1. The van der Waals surface area contributed by atoms with Crippen LogP contribution in [0.1, 0.15) is 35.0 Å². The maximum absolute atomic E-state index is 13.6. The Morgan fingerprint density at radius 2 is 1.95 bits per heavy atom. The van der Waals surface area contributed by atoms with Gasteiger partial charge in [0.05, 0.1) is 22.4 Å². The van der Waals surface area contributed by atoms with Gasteiger partial charge in [0.25, 0.3) is 5.91 Å². The van der Waals surface area contributed by atoms with Gasteiger partial charge in [0.1, 0.15) is 21.2 Å². The van der Waals surface area contributed by atoms with Crippen molar-refractivity contribution in [3.05, 3.63) is 83.4 Å². The Balaban J connectivity index is 1.28. The van der Waals surface area contributed by atoms with E-state index in [-0.39, 0.29) is 23.9 Å². The number of thiophene rings is 1. The summed E-state index contributed by atoms with van der Waals surface area (Å²) in [5.74, 6) is 1.05. The number of allylic oxidation sites excluding steroid dienone is 1. The number of nitrogens with zero attached hydrogens (tertiary/aromatic N) is 3. The first-order valence-corrected chi connectivity index (χ1v) is 14.3. The molecular weight excluding hydrogens is 538 g/mol. The average Bonchev–Trinajstić information content (AvgIpc) is 3.34. The predicted molar refractivity (Wildman–Crippen MR) is 160 cm³/mol. The van der Waals surface area contributed by atoms with Crippen LogP contribution in [0.4, 0.5) is 21.9 Å². The number of hydrogen-bond acceptors (Lipinski definition) is 6. The molecule has 4 amide bonds. The molecule has 0 spiro atoms. The Kier molecular flexibility index (Phi) is 7.15. The van der Waals surface area contributed by atoms with Gasteiger partial charge in [-0.25, -0.2) is 9.78 Å². The molecule has 1 fully saturated rings. The highest BCUT2D eigenvalue weighted by atomic mass is 32.1. The molecule has 208 valence electrons. The van der Waals surface area contributed by atoms with Gasteiger partial charge in [-0.15, -0.1) is 11.3 Å². The molecule has 1 atom stereocenters. The van der Waals surface area contributed by atoms with E-state index in [9.17, 15) is 14.4 Å². The number of aryl methyl sites for hydroxylation is 1. The van der Waals surface area contributed by atoms with Crippen LogP contribution >= 0.6 is 11.3 Å². The number of likely N-dealkylation sites (tertiary alicyclic amines) is 1. The number of ether oxygens (including phenoxy) is 1. The van der Waals surface area contributed by atoms with Crippen LogP contribution < -0.4 is 20.3 Å². The Labute approximate surface area is 241 Å². The number of nitrogens with one attached hydrogen (secondary N) is 2. The van der Waals surface area contributed by atoms with Crippen molar-refractivity contribution in [3.8, 4) is 11.5 Å². The molecular formula is C31H29N5O4S. The fraction of sp³-hybridized carbons (Fsp3) is 0.226. The lowest BCUT2D eigenvalue weighted by atomic mass is 10.0. The SMILES string of the molecule is CC=CC(=O)N1CCCC(NC(=O)c2sc3nccc4c3c2NC(=O)N4c2ccc(Oc3ccccc3)cc2C)C1. The number of amides is 4. The Morgan fingerprint density at radius 3 is 2.73 bits per heavy atom. The van der Waals surface area contributed by atoms with Crippen molar-refractivity contribution in [1.82, 2.24) is 15.2 Å². The number of pyridine rings is 1. The van der Waals surface area contributed by atoms with E-state index < -0.39 is 0 Å². The minimum atomic E-state index is -0.363. The van der Waals surface area contributed by atoms with Gasteiger partial charge in [-0.3, -0.25) is 14.5 Å². The molecule has 6 rings (SSSR count). The average molecular weight is 568 g/mol. The fourth-order valence-corrected chi connectivity index (χ4v) is 6.37. The Morgan fingerprint density at radius 1 is 1.12 bits per heavy atom. The van der Waals surface area contributed by atoms with Gasteiger partial charge in [0.15, 0.2) is 0 Å². The van der Waals surface area contributed by atoms with E-state index in [2.05, 4.69) is 15.6 Å². The summed E-state index contributed by atoms with van der Waals surface area (Å²) >= 11 is 1.25. The van der Waals surface area contributed by atoms with Gasteiger partial charge in [0, 0.05) is 25.3 Å². The quantitative estimate of drug-likeness (QED) is 0.263. The number of carbonyl (C=O) groups is 3. The summed E-state index contributed by atoms with van der Waals surface area (Å²) < 4.78 is 5.97. The molecule has 2 N–H and O–H groups in total. The number of hydrogen-bond donors (Lipinski definition) is 2.